The number of carbonyl (C=O) groups is 1. The summed E-state index contributed by atoms with van der Waals surface area (Å²) in [7, 11) is 1.64. The van der Waals surface area contributed by atoms with Crippen molar-refractivity contribution in [3.63, 3.8) is 0 Å². The van der Waals surface area contributed by atoms with E-state index < -0.39 is 0 Å². The van der Waals surface area contributed by atoms with Crippen LogP contribution >= 0.6 is 0 Å². The molecular weight excluding hydrogens is 338 g/mol. The molecule has 138 valence electrons. The van der Waals surface area contributed by atoms with Crippen molar-refractivity contribution in [3.8, 4) is 5.75 Å². The summed E-state index contributed by atoms with van der Waals surface area (Å²) in [4.78, 5) is 19.4. The maximum Gasteiger partial charge on any atom is 0.227 e. The summed E-state index contributed by atoms with van der Waals surface area (Å²) in [5, 5.41) is 0. The molecule has 2 heterocycles. The Hall–Kier alpha value is -3.08. The van der Waals surface area contributed by atoms with Gasteiger partial charge in [0.2, 0.25) is 5.91 Å². The van der Waals surface area contributed by atoms with Crippen LogP contribution < -0.4 is 9.64 Å². The van der Waals surface area contributed by atoms with E-state index in [1.807, 2.05) is 54.3 Å². The van der Waals surface area contributed by atoms with Gasteiger partial charge >= 0.3 is 0 Å². The third-order valence-electron chi connectivity index (χ3n) is 4.99. The molecular formula is C22H23N3O2. The van der Waals surface area contributed by atoms with Crippen LogP contribution in [0, 0.1) is 0 Å². The lowest BCUT2D eigenvalue weighted by molar-refractivity contribution is -0.117. The number of benzene rings is 2. The maximum atomic E-state index is 12.7. The number of imidazole rings is 1. The van der Waals surface area contributed by atoms with E-state index in [0.717, 1.165) is 33.9 Å². The third kappa shape index (κ3) is 3.21. The van der Waals surface area contributed by atoms with E-state index in [-0.39, 0.29) is 11.8 Å². The van der Waals surface area contributed by atoms with Gasteiger partial charge < -0.3 is 14.2 Å². The van der Waals surface area contributed by atoms with E-state index >= 15 is 0 Å². The molecule has 4 rings (SSSR count). The minimum Gasteiger partial charge on any atom is -0.497 e. The highest BCUT2D eigenvalue weighted by Crippen LogP contribution is 2.34. The quantitative estimate of drug-likeness (QED) is 0.642. The second kappa shape index (κ2) is 6.91. The molecule has 1 aromatic heterocycles. The van der Waals surface area contributed by atoms with Crippen LogP contribution in [0.4, 0.5) is 5.69 Å². The van der Waals surface area contributed by atoms with Crippen LogP contribution in [0.1, 0.15) is 25.1 Å². The normalized spacial score (nSPS) is 16.9. The highest BCUT2D eigenvalue weighted by molar-refractivity contribution is 5.96. The van der Waals surface area contributed by atoms with E-state index in [1.165, 1.54) is 0 Å². The number of nitrogens with zero attached hydrogens (tertiary/aromatic N) is 3. The number of hydrogen-bond donors (Lipinski definition) is 0. The van der Waals surface area contributed by atoms with Crippen LogP contribution in [0.3, 0.4) is 0 Å². The summed E-state index contributed by atoms with van der Waals surface area (Å²) < 4.78 is 7.41. The van der Waals surface area contributed by atoms with Gasteiger partial charge in [-0.25, -0.2) is 4.98 Å². The minimum absolute atomic E-state index is 0.0614. The van der Waals surface area contributed by atoms with Crippen molar-refractivity contribution in [3.05, 3.63) is 66.5 Å². The van der Waals surface area contributed by atoms with Gasteiger partial charge in [-0.2, -0.15) is 0 Å². The number of fused-ring (bicyclic) bond motifs is 1. The molecule has 0 saturated carbocycles. The topological polar surface area (TPSA) is 47.4 Å². The summed E-state index contributed by atoms with van der Waals surface area (Å²) >= 11 is 0. The number of aromatic nitrogens is 2. The smallest absolute Gasteiger partial charge is 0.227 e. The van der Waals surface area contributed by atoms with E-state index in [9.17, 15) is 4.79 Å². The lowest BCUT2D eigenvalue weighted by atomic mass is 10.1. The highest BCUT2D eigenvalue weighted by atomic mass is 16.5. The van der Waals surface area contributed by atoms with Crippen molar-refractivity contribution in [2.45, 2.75) is 25.8 Å². The van der Waals surface area contributed by atoms with Gasteiger partial charge in [0.15, 0.2) is 0 Å². The van der Waals surface area contributed by atoms with Crippen LogP contribution in [0.5, 0.6) is 5.75 Å². The van der Waals surface area contributed by atoms with Gasteiger partial charge in [-0.15, -0.1) is 0 Å². The number of allylic oxidation sites excluding steroid dienone is 1. The molecule has 1 fully saturated rings. The Morgan fingerprint density at radius 3 is 2.67 bits per heavy atom. The van der Waals surface area contributed by atoms with Crippen molar-refractivity contribution >= 4 is 22.6 Å². The summed E-state index contributed by atoms with van der Waals surface area (Å²) in [6.45, 7) is 7.42. The van der Waals surface area contributed by atoms with Crippen molar-refractivity contribution in [1.29, 1.82) is 0 Å². The molecule has 2 aromatic carbocycles. The number of methoxy groups -OCH3 is 1. The first-order valence-corrected chi connectivity index (χ1v) is 9.11. The molecule has 1 aliphatic rings. The van der Waals surface area contributed by atoms with Crippen LogP contribution in [-0.4, -0.2) is 29.1 Å². The summed E-state index contributed by atoms with van der Waals surface area (Å²) in [5.74, 6) is 1.93. The molecule has 3 aromatic rings. The average molecular weight is 361 g/mol. The lowest BCUT2D eigenvalue weighted by Gasteiger charge is -2.18. The Morgan fingerprint density at radius 2 is 1.96 bits per heavy atom. The molecule has 1 saturated heterocycles. The van der Waals surface area contributed by atoms with Crippen LogP contribution in [0.15, 0.2) is 60.7 Å². The molecule has 5 nitrogen and oxygen atoms in total. The number of para-hydroxylation sites is 2. The fraction of sp³-hybridized carbons (Fsp3) is 0.273. The molecule has 0 aliphatic carbocycles. The minimum atomic E-state index is 0.0614. The number of rotatable bonds is 5. The molecule has 0 radical (unpaired) electrons. The lowest BCUT2D eigenvalue weighted by Crippen LogP contribution is -2.24. The predicted octanol–water partition coefficient (Wildman–Crippen LogP) is 4.14. The molecule has 0 unspecified atom stereocenters. The largest absolute Gasteiger partial charge is 0.497 e. The van der Waals surface area contributed by atoms with E-state index in [2.05, 4.69) is 17.2 Å². The first-order chi connectivity index (χ1) is 13.1. The van der Waals surface area contributed by atoms with E-state index in [4.69, 9.17) is 9.72 Å². The van der Waals surface area contributed by atoms with Crippen LogP contribution in [0.2, 0.25) is 0 Å². The van der Waals surface area contributed by atoms with Gasteiger partial charge in [-0.05, 0) is 43.3 Å². The zero-order chi connectivity index (χ0) is 19.0. The molecule has 27 heavy (non-hydrogen) atoms. The first kappa shape index (κ1) is 17.3. The number of hydrogen-bond acceptors (Lipinski definition) is 3. The number of ether oxygens (including phenoxy) is 1. The second-order valence-electron chi connectivity index (χ2n) is 7.11. The second-order valence-corrected chi connectivity index (χ2v) is 7.11. The summed E-state index contributed by atoms with van der Waals surface area (Å²) in [5.41, 5.74) is 4.01. The Kier molecular flexibility index (Phi) is 4.44. The zero-order valence-electron chi connectivity index (χ0n) is 15.7. The van der Waals surface area contributed by atoms with Crippen LogP contribution in [-0.2, 0) is 11.3 Å². The number of carbonyl (C=O) groups excluding carboxylic acids is 1. The van der Waals surface area contributed by atoms with Gasteiger partial charge in [-0.3, -0.25) is 4.79 Å². The standard InChI is InChI=1S/C22H23N3O2/c1-15(2)13-25-20-7-5-4-6-19(20)23-22(25)16-12-21(26)24(14-16)17-8-10-18(27-3)11-9-17/h4-11,16H,1,12-14H2,2-3H3/t16-/m1/s1. The molecule has 1 amide bonds. The number of anilines is 1. The molecule has 0 bridgehead atoms. The summed E-state index contributed by atoms with van der Waals surface area (Å²) in [6.07, 6.45) is 0.464. The molecule has 0 N–H and O–H groups in total. The maximum absolute atomic E-state index is 12.7. The monoisotopic (exact) mass is 361 g/mol. The predicted molar refractivity (Wildman–Crippen MR) is 107 cm³/mol. The highest BCUT2D eigenvalue weighted by Gasteiger charge is 2.34. The Balaban J connectivity index is 1.68. The Morgan fingerprint density at radius 1 is 1.22 bits per heavy atom. The van der Waals surface area contributed by atoms with E-state index in [0.29, 0.717) is 19.5 Å². The molecule has 0 spiro atoms. The third-order valence-corrected chi connectivity index (χ3v) is 4.99. The molecule has 1 atom stereocenters. The van der Waals surface area contributed by atoms with Gasteiger partial charge in [0.1, 0.15) is 11.6 Å². The Bertz CT molecular complexity index is 1000. The average Bonchev–Trinajstić information content (AvgIpc) is 3.22. The zero-order valence-corrected chi connectivity index (χ0v) is 15.7. The van der Waals surface area contributed by atoms with Gasteiger partial charge in [0.25, 0.3) is 0 Å². The molecule has 5 heteroatoms. The fourth-order valence-corrected chi connectivity index (χ4v) is 3.73. The first-order valence-electron chi connectivity index (χ1n) is 9.11. The van der Waals surface area contributed by atoms with Crippen molar-refractivity contribution in [1.82, 2.24) is 9.55 Å². The SMILES string of the molecule is C=C(C)Cn1c([C@@H]2CC(=O)N(c3ccc(OC)cc3)C2)nc2ccccc21. The van der Waals surface area contributed by atoms with Gasteiger partial charge in [-0.1, -0.05) is 24.3 Å². The fourth-order valence-electron chi connectivity index (χ4n) is 3.73. The van der Waals surface area contributed by atoms with Crippen molar-refractivity contribution in [2.24, 2.45) is 0 Å². The van der Waals surface area contributed by atoms with Crippen molar-refractivity contribution < 1.29 is 9.53 Å². The Labute approximate surface area is 158 Å². The van der Waals surface area contributed by atoms with Crippen LogP contribution in [0.25, 0.3) is 11.0 Å². The van der Waals surface area contributed by atoms with E-state index in [1.54, 1.807) is 7.11 Å². The van der Waals surface area contributed by atoms with Crippen molar-refractivity contribution in [2.75, 3.05) is 18.6 Å². The molecule has 1 aliphatic heterocycles. The van der Waals surface area contributed by atoms with Gasteiger partial charge in [0, 0.05) is 31.1 Å². The number of amides is 1. The van der Waals surface area contributed by atoms with Gasteiger partial charge in [0.05, 0.1) is 18.1 Å². The summed E-state index contributed by atoms with van der Waals surface area (Å²) in [6, 6.07) is 15.7.